The number of hydrogen-bond donors (Lipinski definition) is 0. The highest BCUT2D eigenvalue weighted by atomic mass is 35.5. The van der Waals surface area contributed by atoms with E-state index in [-0.39, 0.29) is 5.91 Å². The lowest BCUT2D eigenvalue weighted by molar-refractivity contribution is -0.118. The molecule has 0 spiro atoms. The Morgan fingerprint density at radius 1 is 0.885 bits per heavy atom. The third-order valence-electron chi connectivity index (χ3n) is 5.29. The van der Waals surface area contributed by atoms with Crippen LogP contribution in [-0.4, -0.2) is 43.5 Å². The Morgan fingerprint density at radius 3 is 2.31 bits per heavy atom. The lowest BCUT2D eigenvalue weighted by Crippen LogP contribution is -2.43. The molecule has 2 aliphatic heterocycles. The van der Waals surface area contributed by atoms with Crippen LogP contribution < -0.4 is 9.80 Å². The van der Waals surface area contributed by atoms with Crippen LogP contribution in [0.3, 0.4) is 0 Å². The largest absolute Gasteiger partial charge is 0.338 e. The summed E-state index contributed by atoms with van der Waals surface area (Å²) in [5.41, 5.74) is 3.18. The summed E-state index contributed by atoms with van der Waals surface area (Å²) >= 11 is 6.03. The number of fused-ring (bicyclic) bond motifs is 1. The van der Waals surface area contributed by atoms with Crippen molar-refractivity contribution < 1.29 is 4.79 Å². The van der Waals surface area contributed by atoms with E-state index in [1.807, 2.05) is 47.4 Å². The highest BCUT2D eigenvalue weighted by Gasteiger charge is 2.27. The fraction of sp³-hybridized carbons (Fsp3) is 0.381. The molecule has 2 aliphatic rings. The molecule has 0 radical (unpaired) electrons. The Kier molecular flexibility index (Phi) is 5.14. The summed E-state index contributed by atoms with van der Waals surface area (Å²) in [7, 11) is 0. The molecule has 0 aromatic heterocycles. The van der Waals surface area contributed by atoms with Gasteiger partial charge in [0.25, 0.3) is 0 Å². The molecule has 1 saturated heterocycles. The summed E-state index contributed by atoms with van der Waals surface area (Å²) in [5, 5.41) is 0.734. The quantitative estimate of drug-likeness (QED) is 0.803. The maximum absolute atomic E-state index is 12.9. The monoisotopic (exact) mass is 369 g/mol. The summed E-state index contributed by atoms with van der Waals surface area (Å²) in [4.78, 5) is 19.5. The van der Waals surface area contributed by atoms with Crippen molar-refractivity contribution in [1.29, 1.82) is 0 Å². The molecule has 136 valence electrons. The number of rotatable bonds is 4. The summed E-state index contributed by atoms with van der Waals surface area (Å²) < 4.78 is 0. The van der Waals surface area contributed by atoms with Gasteiger partial charge in [0.1, 0.15) is 0 Å². The molecule has 0 bridgehead atoms. The van der Waals surface area contributed by atoms with E-state index in [2.05, 4.69) is 15.9 Å². The van der Waals surface area contributed by atoms with E-state index in [4.69, 9.17) is 11.6 Å². The third-order valence-corrected chi connectivity index (χ3v) is 5.54. The average molecular weight is 370 g/mol. The maximum Gasteiger partial charge on any atom is 0.228 e. The van der Waals surface area contributed by atoms with Gasteiger partial charge in [-0.2, -0.15) is 0 Å². The smallest absolute Gasteiger partial charge is 0.228 e. The highest BCUT2D eigenvalue weighted by Crippen LogP contribution is 2.38. The first-order valence-electron chi connectivity index (χ1n) is 9.37. The Labute approximate surface area is 160 Å². The SMILES string of the molecule is O=C(CCN1CCCC1)N1CCN(c2ccc(Cl)cc2)c2ccccc21. The number of nitrogens with zero attached hydrogens (tertiary/aromatic N) is 3. The van der Waals surface area contributed by atoms with Crippen molar-refractivity contribution in [2.24, 2.45) is 0 Å². The predicted molar refractivity (Wildman–Crippen MR) is 108 cm³/mol. The van der Waals surface area contributed by atoms with Crippen LogP contribution in [0.15, 0.2) is 48.5 Å². The number of likely N-dealkylation sites (tertiary alicyclic amines) is 1. The molecule has 0 unspecified atom stereocenters. The highest BCUT2D eigenvalue weighted by molar-refractivity contribution is 6.30. The molecule has 1 fully saturated rings. The Bertz CT molecular complexity index is 771. The van der Waals surface area contributed by atoms with E-state index in [1.165, 1.54) is 12.8 Å². The summed E-state index contributed by atoms with van der Waals surface area (Å²) in [5.74, 6) is 0.222. The molecular weight excluding hydrogens is 346 g/mol. The predicted octanol–water partition coefficient (Wildman–Crippen LogP) is 4.31. The average Bonchev–Trinajstić information content (AvgIpc) is 3.20. The van der Waals surface area contributed by atoms with Gasteiger partial charge in [-0.25, -0.2) is 0 Å². The van der Waals surface area contributed by atoms with Crippen LogP contribution in [0.1, 0.15) is 19.3 Å². The number of hydrogen-bond acceptors (Lipinski definition) is 3. The molecule has 26 heavy (non-hydrogen) atoms. The van der Waals surface area contributed by atoms with Gasteiger partial charge >= 0.3 is 0 Å². The topological polar surface area (TPSA) is 26.8 Å². The molecule has 0 saturated carbocycles. The molecule has 4 rings (SSSR count). The number of anilines is 3. The summed E-state index contributed by atoms with van der Waals surface area (Å²) in [6, 6.07) is 16.0. The van der Waals surface area contributed by atoms with Gasteiger partial charge in [-0.3, -0.25) is 4.79 Å². The molecule has 2 heterocycles. The molecule has 2 aromatic carbocycles. The minimum atomic E-state index is 0.222. The van der Waals surface area contributed by atoms with Crippen molar-refractivity contribution in [1.82, 2.24) is 4.90 Å². The first kappa shape index (κ1) is 17.4. The zero-order valence-corrected chi connectivity index (χ0v) is 15.7. The van der Waals surface area contributed by atoms with E-state index in [0.29, 0.717) is 13.0 Å². The van der Waals surface area contributed by atoms with Crippen molar-refractivity contribution in [3.63, 3.8) is 0 Å². The van der Waals surface area contributed by atoms with Crippen molar-refractivity contribution in [2.75, 3.05) is 42.5 Å². The normalized spacial score (nSPS) is 17.4. The van der Waals surface area contributed by atoms with Crippen LogP contribution in [0, 0.1) is 0 Å². The van der Waals surface area contributed by atoms with Crippen LogP contribution in [0.2, 0.25) is 5.02 Å². The van der Waals surface area contributed by atoms with Crippen LogP contribution in [0.25, 0.3) is 0 Å². The fourth-order valence-corrected chi connectivity index (χ4v) is 4.03. The fourth-order valence-electron chi connectivity index (χ4n) is 3.90. The second-order valence-electron chi connectivity index (χ2n) is 6.96. The van der Waals surface area contributed by atoms with E-state index in [1.54, 1.807) is 0 Å². The minimum absolute atomic E-state index is 0.222. The molecule has 0 aliphatic carbocycles. The number of carbonyl (C=O) groups excluding carboxylic acids is 1. The van der Waals surface area contributed by atoms with Crippen LogP contribution in [-0.2, 0) is 4.79 Å². The van der Waals surface area contributed by atoms with Crippen LogP contribution in [0.5, 0.6) is 0 Å². The number of halogens is 1. The van der Waals surface area contributed by atoms with Gasteiger partial charge in [-0.15, -0.1) is 0 Å². The van der Waals surface area contributed by atoms with Gasteiger partial charge in [0, 0.05) is 36.8 Å². The Hall–Kier alpha value is -2.04. The first-order valence-corrected chi connectivity index (χ1v) is 9.75. The third kappa shape index (κ3) is 3.57. The molecule has 4 nitrogen and oxygen atoms in total. The number of carbonyl (C=O) groups is 1. The van der Waals surface area contributed by atoms with Gasteiger partial charge in [0.05, 0.1) is 11.4 Å². The standard InChI is InChI=1S/C21H24ClN3O/c22-17-7-9-18(10-8-17)24-15-16-25(20-6-2-1-5-19(20)24)21(26)11-14-23-12-3-4-13-23/h1-2,5-10H,3-4,11-16H2. The number of para-hydroxylation sites is 2. The summed E-state index contributed by atoms with van der Waals surface area (Å²) in [6.07, 6.45) is 3.11. The molecule has 1 amide bonds. The van der Waals surface area contributed by atoms with Crippen molar-refractivity contribution >= 4 is 34.6 Å². The van der Waals surface area contributed by atoms with Gasteiger partial charge in [0.2, 0.25) is 5.91 Å². The molecule has 2 aromatic rings. The number of benzene rings is 2. The zero-order chi connectivity index (χ0) is 17.9. The second-order valence-corrected chi connectivity index (χ2v) is 7.40. The first-order chi connectivity index (χ1) is 12.7. The molecular formula is C21H24ClN3O. The lowest BCUT2D eigenvalue weighted by atomic mass is 10.1. The van der Waals surface area contributed by atoms with Crippen molar-refractivity contribution in [3.8, 4) is 0 Å². The van der Waals surface area contributed by atoms with E-state index < -0.39 is 0 Å². The van der Waals surface area contributed by atoms with Crippen molar-refractivity contribution in [3.05, 3.63) is 53.6 Å². The second kappa shape index (κ2) is 7.68. The van der Waals surface area contributed by atoms with Gasteiger partial charge in [0.15, 0.2) is 0 Å². The van der Waals surface area contributed by atoms with Crippen LogP contribution >= 0.6 is 11.6 Å². The maximum atomic E-state index is 12.9. The van der Waals surface area contributed by atoms with E-state index in [9.17, 15) is 4.79 Å². The summed E-state index contributed by atoms with van der Waals surface area (Å²) in [6.45, 7) is 4.63. The minimum Gasteiger partial charge on any atom is -0.338 e. The molecule has 0 N–H and O–H groups in total. The molecule has 5 heteroatoms. The Balaban J connectivity index is 1.53. The van der Waals surface area contributed by atoms with Crippen LogP contribution in [0.4, 0.5) is 17.1 Å². The van der Waals surface area contributed by atoms with E-state index >= 15 is 0 Å². The lowest BCUT2D eigenvalue weighted by Gasteiger charge is -2.38. The van der Waals surface area contributed by atoms with Crippen molar-refractivity contribution in [2.45, 2.75) is 19.3 Å². The van der Waals surface area contributed by atoms with Gasteiger partial charge in [-0.05, 0) is 62.3 Å². The Morgan fingerprint density at radius 2 is 1.58 bits per heavy atom. The molecule has 0 atom stereocenters. The zero-order valence-electron chi connectivity index (χ0n) is 14.9. The number of amides is 1. The van der Waals surface area contributed by atoms with Gasteiger partial charge in [-0.1, -0.05) is 23.7 Å². The van der Waals surface area contributed by atoms with Gasteiger partial charge < -0.3 is 14.7 Å². The van der Waals surface area contributed by atoms with E-state index in [0.717, 1.165) is 48.3 Å².